The van der Waals surface area contributed by atoms with E-state index in [1.807, 2.05) is 0 Å². The number of benzene rings is 1. The van der Waals surface area contributed by atoms with E-state index in [1.165, 1.54) is 11.0 Å². The lowest BCUT2D eigenvalue weighted by Gasteiger charge is -2.30. The van der Waals surface area contributed by atoms with Crippen LogP contribution in [-0.4, -0.2) is 42.3 Å². The normalized spacial score (nSPS) is 17.3. The van der Waals surface area contributed by atoms with Gasteiger partial charge in [-0.1, -0.05) is 6.58 Å². The van der Waals surface area contributed by atoms with Gasteiger partial charge in [0.25, 0.3) is 5.91 Å². The van der Waals surface area contributed by atoms with Crippen LogP contribution >= 0.6 is 0 Å². The maximum atomic E-state index is 12.4. The molecule has 22 heavy (non-hydrogen) atoms. The molecule has 1 fully saturated rings. The number of carbonyl (C=O) groups is 3. The number of anilines is 1. The third-order valence-electron chi connectivity index (χ3n) is 3.63. The van der Waals surface area contributed by atoms with Crippen LogP contribution in [0.2, 0.25) is 0 Å². The lowest BCUT2D eigenvalue weighted by Crippen LogP contribution is -2.50. The van der Waals surface area contributed by atoms with Crippen LogP contribution in [0.25, 0.3) is 0 Å². The molecule has 1 atom stereocenters. The van der Waals surface area contributed by atoms with E-state index in [0.29, 0.717) is 24.2 Å². The van der Waals surface area contributed by atoms with E-state index in [-0.39, 0.29) is 17.7 Å². The molecule has 1 aliphatic heterocycles. The molecule has 1 unspecified atom stereocenters. The van der Waals surface area contributed by atoms with Crippen LogP contribution in [-0.2, 0) is 9.59 Å². The van der Waals surface area contributed by atoms with Crippen LogP contribution in [0.3, 0.4) is 0 Å². The van der Waals surface area contributed by atoms with Crippen molar-refractivity contribution in [2.24, 2.45) is 0 Å². The molecule has 0 saturated carbocycles. The fourth-order valence-corrected chi connectivity index (χ4v) is 2.36. The van der Waals surface area contributed by atoms with Gasteiger partial charge in [-0.15, -0.1) is 0 Å². The molecule has 2 N–H and O–H groups in total. The van der Waals surface area contributed by atoms with E-state index in [9.17, 15) is 14.4 Å². The van der Waals surface area contributed by atoms with Gasteiger partial charge >= 0.3 is 0 Å². The van der Waals surface area contributed by atoms with Crippen molar-refractivity contribution in [3.63, 3.8) is 0 Å². The second-order valence-electron chi connectivity index (χ2n) is 5.14. The van der Waals surface area contributed by atoms with Crippen LogP contribution in [0.1, 0.15) is 23.2 Å². The molecular formula is C16H19N3O3. The Morgan fingerprint density at radius 1 is 1.36 bits per heavy atom. The number of amides is 3. The number of hydrogen-bond acceptors (Lipinski definition) is 3. The van der Waals surface area contributed by atoms with Crippen LogP contribution < -0.4 is 10.6 Å². The summed E-state index contributed by atoms with van der Waals surface area (Å²) in [7, 11) is 1.63. The highest BCUT2D eigenvalue weighted by atomic mass is 16.2. The number of rotatable bonds is 4. The highest BCUT2D eigenvalue weighted by molar-refractivity contribution is 6.00. The maximum absolute atomic E-state index is 12.4. The molecule has 6 heteroatoms. The zero-order chi connectivity index (χ0) is 16.1. The number of nitrogens with zero attached hydrogens (tertiary/aromatic N) is 1. The van der Waals surface area contributed by atoms with Gasteiger partial charge in [0.05, 0.1) is 0 Å². The summed E-state index contributed by atoms with van der Waals surface area (Å²) in [6, 6.07) is 6.10. The summed E-state index contributed by atoms with van der Waals surface area (Å²) in [5.41, 5.74) is 1.05. The lowest BCUT2D eigenvalue weighted by molar-refractivity contribution is -0.126. The summed E-state index contributed by atoms with van der Waals surface area (Å²) in [4.78, 5) is 36.9. The number of carbonyl (C=O) groups excluding carboxylic acids is 3. The summed E-state index contributed by atoms with van der Waals surface area (Å²) in [5.74, 6) is -0.643. The zero-order valence-corrected chi connectivity index (χ0v) is 12.5. The number of likely N-dealkylation sites (N-methyl/N-ethyl adjacent to an activating group) is 1. The molecule has 1 aromatic carbocycles. The van der Waals surface area contributed by atoms with Crippen molar-refractivity contribution >= 4 is 23.4 Å². The van der Waals surface area contributed by atoms with Crippen molar-refractivity contribution in [3.05, 3.63) is 42.5 Å². The van der Waals surface area contributed by atoms with Crippen LogP contribution in [0.5, 0.6) is 0 Å². The molecule has 0 spiro atoms. The summed E-state index contributed by atoms with van der Waals surface area (Å²) in [6.45, 7) is 4.04. The van der Waals surface area contributed by atoms with E-state index in [4.69, 9.17) is 0 Å². The summed E-state index contributed by atoms with van der Waals surface area (Å²) in [6.07, 6.45) is 2.70. The molecule has 0 aromatic heterocycles. The molecule has 116 valence electrons. The third-order valence-corrected chi connectivity index (χ3v) is 3.63. The number of nitrogens with one attached hydrogen (secondary N) is 2. The van der Waals surface area contributed by atoms with E-state index >= 15 is 0 Å². The van der Waals surface area contributed by atoms with Gasteiger partial charge in [-0.3, -0.25) is 14.4 Å². The Balaban J connectivity index is 2.07. The molecule has 3 amide bonds. The predicted molar refractivity (Wildman–Crippen MR) is 83.4 cm³/mol. The number of piperidine rings is 1. The van der Waals surface area contributed by atoms with Crippen LogP contribution in [0.15, 0.2) is 36.9 Å². The van der Waals surface area contributed by atoms with Gasteiger partial charge in [0.2, 0.25) is 11.8 Å². The summed E-state index contributed by atoms with van der Waals surface area (Å²) in [5, 5.41) is 5.38. The molecule has 1 saturated heterocycles. The quantitative estimate of drug-likeness (QED) is 0.819. The van der Waals surface area contributed by atoms with Gasteiger partial charge in [-0.2, -0.15) is 0 Å². The smallest absolute Gasteiger partial charge is 0.254 e. The van der Waals surface area contributed by atoms with E-state index < -0.39 is 6.04 Å². The van der Waals surface area contributed by atoms with Crippen molar-refractivity contribution < 1.29 is 14.4 Å². The van der Waals surface area contributed by atoms with Crippen molar-refractivity contribution in [3.8, 4) is 0 Å². The first-order chi connectivity index (χ1) is 10.5. The molecule has 2 rings (SSSR count). The second-order valence-corrected chi connectivity index (χ2v) is 5.14. The average molecular weight is 301 g/mol. The monoisotopic (exact) mass is 301 g/mol. The lowest BCUT2D eigenvalue weighted by atomic mass is 10.0. The predicted octanol–water partition coefficient (Wildman–Crippen LogP) is 1.16. The van der Waals surface area contributed by atoms with Gasteiger partial charge < -0.3 is 15.5 Å². The van der Waals surface area contributed by atoms with Crippen LogP contribution in [0.4, 0.5) is 5.69 Å². The van der Waals surface area contributed by atoms with E-state index in [0.717, 1.165) is 6.42 Å². The van der Waals surface area contributed by atoms with Crippen molar-refractivity contribution in [1.82, 2.24) is 10.2 Å². The van der Waals surface area contributed by atoms with Crippen molar-refractivity contribution in [2.45, 2.75) is 18.9 Å². The Hall–Kier alpha value is -2.63. The maximum Gasteiger partial charge on any atom is 0.254 e. The van der Waals surface area contributed by atoms with Gasteiger partial charge in [0.15, 0.2) is 0 Å². The van der Waals surface area contributed by atoms with Gasteiger partial charge in [-0.25, -0.2) is 0 Å². The van der Waals surface area contributed by atoms with Crippen molar-refractivity contribution in [1.29, 1.82) is 0 Å². The molecule has 1 aromatic rings. The first kappa shape index (κ1) is 15.8. The standard InChI is InChI=1S/C16H19N3O3/c1-3-14(20)18-12-8-6-11(7-9-12)16(22)19(2)13-5-4-10-17-15(13)21/h3,6-9,13H,1,4-5,10H2,2H3,(H,17,21)(H,18,20). The third kappa shape index (κ3) is 3.52. The molecule has 1 aliphatic rings. The van der Waals surface area contributed by atoms with Gasteiger partial charge in [0.1, 0.15) is 6.04 Å². The minimum absolute atomic E-state index is 0.114. The fraction of sp³-hybridized carbons (Fsp3) is 0.312. The summed E-state index contributed by atoms with van der Waals surface area (Å²) < 4.78 is 0. The highest BCUT2D eigenvalue weighted by Gasteiger charge is 2.29. The minimum Gasteiger partial charge on any atom is -0.354 e. The molecule has 1 heterocycles. The van der Waals surface area contributed by atoms with Crippen LogP contribution in [0, 0.1) is 0 Å². The Kier molecular flexibility index (Phi) is 4.93. The first-order valence-electron chi connectivity index (χ1n) is 7.11. The molecule has 0 aliphatic carbocycles. The largest absolute Gasteiger partial charge is 0.354 e. The first-order valence-corrected chi connectivity index (χ1v) is 7.11. The Morgan fingerprint density at radius 2 is 2.05 bits per heavy atom. The second kappa shape index (κ2) is 6.89. The van der Waals surface area contributed by atoms with E-state index in [1.54, 1.807) is 31.3 Å². The molecule has 0 radical (unpaired) electrons. The Labute approximate surface area is 129 Å². The highest BCUT2D eigenvalue weighted by Crippen LogP contribution is 2.15. The zero-order valence-electron chi connectivity index (χ0n) is 12.5. The fourth-order valence-electron chi connectivity index (χ4n) is 2.36. The van der Waals surface area contributed by atoms with E-state index in [2.05, 4.69) is 17.2 Å². The molecule has 6 nitrogen and oxygen atoms in total. The average Bonchev–Trinajstić information content (AvgIpc) is 2.54. The van der Waals surface area contributed by atoms with Crippen molar-refractivity contribution in [2.75, 3.05) is 18.9 Å². The Bertz CT molecular complexity index is 595. The minimum atomic E-state index is -0.429. The summed E-state index contributed by atoms with van der Waals surface area (Å²) >= 11 is 0. The topological polar surface area (TPSA) is 78.5 Å². The molecular weight excluding hydrogens is 282 g/mol. The Morgan fingerprint density at radius 3 is 2.64 bits per heavy atom. The SMILES string of the molecule is C=CC(=O)Nc1ccc(C(=O)N(C)C2CCCNC2=O)cc1. The molecule has 0 bridgehead atoms. The van der Waals surface area contributed by atoms with Gasteiger partial charge in [0, 0.05) is 24.8 Å². The number of hydrogen-bond donors (Lipinski definition) is 2. The van der Waals surface area contributed by atoms with Gasteiger partial charge in [-0.05, 0) is 43.2 Å².